The fourth-order valence-corrected chi connectivity index (χ4v) is 2.71. The van der Waals surface area contributed by atoms with Gasteiger partial charge in [0.2, 0.25) is 0 Å². The highest BCUT2D eigenvalue weighted by Crippen LogP contribution is 2.16. The molecule has 19 heavy (non-hydrogen) atoms. The molecular weight excluding hydrogens is 258 g/mol. The highest BCUT2D eigenvalue weighted by atomic mass is 32.1. The number of thiazole rings is 1. The summed E-state index contributed by atoms with van der Waals surface area (Å²) in [6, 6.07) is 0.149. The summed E-state index contributed by atoms with van der Waals surface area (Å²) in [5.41, 5.74) is 6.25. The lowest BCUT2D eigenvalue weighted by molar-refractivity contribution is 0.0927. The topological polar surface area (TPSA) is 68.0 Å². The largest absolute Gasteiger partial charge is 0.348 e. The normalized spacial score (nSPS) is 14.1. The molecule has 1 aromatic heterocycles. The summed E-state index contributed by atoms with van der Waals surface area (Å²) >= 11 is 1.45. The molecule has 0 aromatic carbocycles. The Labute approximate surface area is 119 Å². The van der Waals surface area contributed by atoms with Crippen LogP contribution in [-0.4, -0.2) is 16.9 Å². The molecule has 0 saturated carbocycles. The highest BCUT2D eigenvalue weighted by Gasteiger charge is 2.16. The van der Waals surface area contributed by atoms with Crippen molar-refractivity contribution in [3.8, 4) is 0 Å². The van der Waals surface area contributed by atoms with E-state index in [1.807, 2.05) is 6.92 Å². The van der Waals surface area contributed by atoms with Crippen molar-refractivity contribution < 1.29 is 4.79 Å². The van der Waals surface area contributed by atoms with Crippen LogP contribution in [0.25, 0.3) is 0 Å². The van der Waals surface area contributed by atoms with Crippen LogP contribution in [0.2, 0.25) is 0 Å². The third-order valence-electron chi connectivity index (χ3n) is 3.02. The van der Waals surface area contributed by atoms with Crippen LogP contribution in [0, 0.1) is 0 Å². The Kier molecular flexibility index (Phi) is 7.02. The molecule has 1 heterocycles. The Balaban J connectivity index is 2.59. The van der Waals surface area contributed by atoms with E-state index in [9.17, 15) is 4.79 Å². The average molecular weight is 283 g/mol. The van der Waals surface area contributed by atoms with E-state index in [1.165, 1.54) is 11.3 Å². The predicted molar refractivity (Wildman–Crippen MR) is 80.4 cm³/mol. The second kappa shape index (κ2) is 8.27. The number of nitrogens with zero attached hydrogens (tertiary/aromatic N) is 1. The van der Waals surface area contributed by atoms with Crippen molar-refractivity contribution >= 4 is 17.2 Å². The van der Waals surface area contributed by atoms with Crippen molar-refractivity contribution in [3.63, 3.8) is 0 Å². The second-order valence-electron chi connectivity index (χ2n) is 4.96. The number of aromatic nitrogens is 1. The minimum Gasteiger partial charge on any atom is -0.348 e. The molecule has 0 aliphatic carbocycles. The molecule has 1 rings (SSSR count). The Morgan fingerprint density at radius 3 is 2.68 bits per heavy atom. The molecule has 0 aliphatic heterocycles. The first-order valence-corrected chi connectivity index (χ1v) is 7.98. The Bertz CT molecular complexity index is 390. The van der Waals surface area contributed by atoms with Crippen LogP contribution in [0.5, 0.6) is 0 Å². The van der Waals surface area contributed by atoms with E-state index in [4.69, 9.17) is 5.73 Å². The first-order valence-electron chi connectivity index (χ1n) is 7.10. The van der Waals surface area contributed by atoms with Gasteiger partial charge in [-0.3, -0.25) is 4.79 Å². The molecule has 5 heteroatoms. The lowest BCUT2D eigenvalue weighted by Crippen LogP contribution is -2.35. The SMILES string of the molecule is CCCCC(CCC)NC(=O)c1csc(C(C)N)n1. The molecule has 0 spiro atoms. The van der Waals surface area contributed by atoms with Crippen LogP contribution in [0.15, 0.2) is 5.38 Å². The first-order chi connectivity index (χ1) is 9.08. The van der Waals surface area contributed by atoms with Gasteiger partial charge in [-0.2, -0.15) is 0 Å². The number of hydrogen-bond acceptors (Lipinski definition) is 4. The van der Waals surface area contributed by atoms with Gasteiger partial charge in [0.05, 0.1) is 6.04 Å². The quantitative estimate of drug-likeness (QED) is 0.769. The van der Waals surface area contributed by atoms with Gasteiger partial charge in [-0.15, -0.1) is 11.3 Å². The summed E-state index contributed by atoms with van der Waals surface area (Å²) in [6.07, 6.45) is 5.45. The summed E-state index contributed by atoms with van der Waals surface area (Å²) in [6.45, 7) is 6.18. The van der Waals surface area contributed by atoms with Crippen LogP contribution in [0.1, 0.15) is 74.4 Å². The van der Waals surface area contributed by atoms with Crippen LogP contribution in [-0.2, 0) is 0 Å². The highest BCUT2D eigenvalue weighted by molar-refractivity contribution is 7.09. The molecule has 3 N–H and O–H groups in total. The van der Waals surface area contributed by atoms with Crippen LogP contribution in [0.4, 0.5) is 0 Å². The number of nitrogens with two attached hydrogens (primary N) is 1. The Morgan fingerprint density at radius 1 is 1.42 bits per heavy atom. The number of unbranched alkanes of at least 4 members (excludes halogenated alkanes) is 1. The monoisotopic (exact) mass is 283 g/mol. The van der Waals surface area contributed by atoms with E-state index >= 15 is 0 Å². The van der Waals surface area contributed by atoms with Crippen LogP contribution >= 0.6 is 11.3 Å². The molecule has 0 bridgehead atoms. The van der Waals surface area contributed by atoms with Gasteiger partial charge in [-0.05, 0) is 19.8 Å². The predicted octanol–water partition coefficient (Wildman–Crippen LogP) is 3.25. The van der Waals surface area contributed by atoms with E-state index < -0.39 is 0 Å². The molecule has 2 unspecified atom stereocenters. The zero-order valence-corrected chi connectivity index (χ0v) is 12.9. The molecule has 1 amide bonds. The summed E-state index contributed by atoms with van der Waals surface area (Å²) < 4.78 is 0. The van der Waals surface area contributed by atoms with Crippen LogP contribution < -0.4 is 11.1 Å². The fourth-order valence-electron chi connectivity index (χ4n) is 1.95. The van der Waals surface area contributed by atoms with Gasteiger partial charge in [0.15, 0.2) is 0 Å². The number of hydrogen-bond donors (Lipinski definition) is 2. The zero-order valence-electron chi connectivity index (χ0n) is 12.1. The van der Waals surface area contributed by atoms with Gasteiger partial charge in [0.25, 0.3) is 5.91 Å². The molecule has 0 aliphatic rings. The number of carbonyl (C=O) groups excluding carboxylic acids is 1. The molecule has 0 radical (unpaired) electrons. The molecule has 2 atom stereocenters. The summed E-state index contributed by atoms with van der Waals surface area (Å²) in [4.78, 5) is 16.4. The molecular formula is C14H25N3OS. The van der Waals surface area contributed by atoms with Crippen LogP contribution in [0.3, 0.4) is 0 Å². The van der Waals surface area contributed by atoms with Crippen molar-refractivity contribution in [1.29, 1.82) is 0 Å². The maximum atomic E-state index is 12.1. The van der Waals surface area contributed by atoms with Gasteiger partial charge in [-0.1, -0.05) is 33.1 Å². The Hall–Kier alpha value is -0.940. The van der Waals surface area contributed by atoms with Crippen molar-refractivity contribution in [1.82, 2.24) is 10.3 Å². The van der Waals surface area contributed by atoms with Gasteiger partial charge in [-0.25, -0.2) is 4.98 Å². The minimum atomic E-state index is -0.113. The van der Waals surface area contributed by atoms with Gasteiger partial charge >= 0.3 is 0 Å². The van der Waals surface area contributed by atoms with Gasteiger partial charge in [0, 0.05) is 11.4 Å². The lowest BCUT2D eigenvalue weighted by atomic mass is 10.1. The second-order valence-corrected chi connectivity index (χ2v) is 5.85. The smallest absolute Gasteiger partial charge is 0.270 e. The summed E-state index contributed by atoms with van der Waals surface area (Å²) in [5.74, 6) is -0.0716. The average Bonchev–Trinajstić information content (AvgIpc) is 2.86. The summed E-state index contributed by atoms with van der Waals surface area (Å²) in [5, 5.41) is 5.69. The van der Waals surface area contributed by atoms with Crippen molar-refractivity contribution in [2.24, 2.45) is 5.73 Å². The molecule has 0 saturated heterocycles. The van der Waals surface area contributed by atoms with E-state index in [0.717, 1.165) is 37.1 Å². The molecule has 0 fully saturated rings. The lowest BCUT2D eigenvalue weighted by Gasteiger charge is -2.17. The maximum Gasteiger partial charge on any atom is 0.270 e. The number of rotatable bonds is 8. The van der Waals surface area contributed by atoms with Crippen molar-refractivity contribution in [3.05, 3.63) is 16.1 Å². The van der Waals surface area contributed by atoms with Gasteiger partial charge in [0.1, 0.15) is 10.7 Å². The Morgan fingerprint density at radius 2 is 2.16 bits per heavy atom. The van der Waals surface area contributed by atoms with Crippen molar-refractivity contribution in [2.45, 2.75) is 65.0 Å². The molecule has 1 aromatic rings. The first kappa shape index (κ1) is 16.1. The molecule has 4 nitrogen and oxygen atoms in total. The maximum absolute atomic E-state index is 12.1. The van der Waals surface area contributed by atoms with E-state index in [1.54, 1.807) is 5.38 Å². The number of amides is 1. The van der Waals surface area contributed by atoms with E-state index in [-0.39, 0.29) is 18.0 Å². The molecule has 108 valence electrons. The third kappa shape index (κ3) is 5.28. The van der Waals surface area contributed by atoms with E-state index in [2.05, 4.69) is 24.1 Å². The minimum absolute atomic E-state index is 0.0716. The third-order valence-corrected chi connectivity index (χ3v) is 4.07. The standard InChI is InChI=1S/C14H25N3OS/c1-4-6-8-11(7-5-2)16-13(18)12-9-19-14(17-12)10(3)15/h9-11H,4-8,15H2,1-3H3,(H,16,18). The number of carbonyl (C=O) groups is 1. The fraction of sp³-hybridized carbons (Fsp3) is 0.714. The zero-order chi connectivity index (χ0) is 14.3. The number of nitrogens with one attached hydrogen (secondary N) is 1. The van der Waals surface area contributed by atoms with Crippen molar-refractivity contribution in [2.75, 3.05) is 0 Å². The summed E-state index contributed by atoms with van der Waals surface area (Å²) in [7, 11) is 0. The van der Waals surface area contributed by atoms with E-state index in [0.29, 0.717) is 5.69 Å². The van der Waals surface area contributed by atoms with Gasteiger partial charge < -0.3 is 11.1 Å².